The van der Waals surface area contributed by atoms with Crippen LogP contribution in [0.25, 0.3) is 0 Å². The highest BCUT2D eigenvalue weighted by Crippen LogP contribution is 2.23. The number of nitrogens with zero attached hydrogens (tertiary/aromatic N) is 2. The van der Waals surface area contributed by atoms with Gasteiger partial charge in [0, 0.05) is 50.5 Å². The van der Waals surface area contributed by atoms with E-state index in [4.69, 9.17) is 4.74 Å². The molecule has 0 radical (unpaired) electrons. The van der Waals surface area contributed by atoms with Crippen LogP contribution < -0.4 is 0 Å². The van der Waals surface area contributed by atoms with E-state index in [0.29, 0.717) is 44.6 Å². The van der Waals surface area contributed by atoms with Crippen molar-refractivity contribution in [2.45, 2.75) is 65.1 Å². The summed E-state index contributed by atoms with van der Waals surface area (Å²) in [7, 11) is 0. The Bertz CT molecular complexity index is 743. The molecule has 1 aromatic rings. The first-order valence-electron chi connectivity index (χ1n) is 11.2. The summed E-state index contributed by atoms with van der Waals surface area (Å²) in [5, 5.41) is 0. The van der Waals surface area contributed by atoms with E-state index < -0.39 is 0 Å². The second-order valence-corrected chi connectivity index (χ2v) is 8.63. The molecular formula is C24H34N2O4. The highest BCUT2D eigenvalue weighted by Gasteiger charge is 2.33. The van der Waals surface area contributed by atoms with Crippen LogP contribution >= 0.6 is 0 Å². The molecule has 6 nitrogen and oxygen atoms in total. The van der Waals surface area contributed by atoms with Crippen molar-refractivity contribution < 1.29 is 19.1 Å². The summed E-state index contributed by atoms with van der Waals surface area (Å²) in [5.41, 5.74) is 1.86. The third-order valence-electron chi connectivity index (χ3n) is 6.18. The van der Waals surface area contributed by atoms with Gasteiger partial charge >= 0.3 is 0 Å². The molecule has 0 aromatic heterocycles. The molecule has 0 aliphatic carbocycles. The van der Waals surface area contributed by atoms with E-state index in [1.165, 1.54) is 5.56 Å². The molecule has 2 aliphatic rings. The maximum atomic E-state index is 12.9. The van der Waals surface area contributed by atoms with E-state index in [1.807, 2.05) is 47.9 Å². The number of hydrogen-bond acceptors (Lipinski definition) is 4. The van der Waals surface area contributed by atoms with Crippen LogP contribution in [0.4, 0.5) is 0 Å². The number of ketones is 1. The van der Waals surface area contributed by atoms with Gasteiger partial charge in [0.05, 0.1) is 12.2 Å². The number of benzene rings is 1. The van der Waals surface area contributed by atoms with Gasteiger partial charge in [-0.2, -0.15) is 0 Å². The normalized spacial score (nSPS) is 22.8. The molecule has 2 atom stereocenters. The number of likely N-dealkylation sites (tertiary alicyclic amines) is 1. The van der Waals surface area contributed by atoms with Gasteiger partial charge in [-0.05, 0) is 38.7 Å². The largest absolute Gasteiger partial charge is 0.372 e. The van der Waals surface area contributed by atoms with Gasteiger partial charge in [0.25, 0.3) is 0 Å². The van der Waals surface area contributed by atoms with E-state index in [0.717, 1.165) is 6.42 Å². The number of Topliss-reactive ketones (excluding diaryl/α,β-unsaturated/α-hetero) is 1. The van der Waals surface area contributed by atoms with Crippen LogP contribution in [0.15, 0.2) is 24.3 Å². The number of amides is 2. The molecule has 2 heterocycles. The lowest BCUT2D eigenvalue weighted by Crippen LogP contribution is -2.51. The molecule has 2 aliphatic heterocycles. The zero-order valence-corrected chi connectivity index (χ0v) is 18.4. The number of ether oxygens (including phenoxy) is 1. The van der Waals surface area contributed by atoms with E-state index in [9.17, 15) is 14.4 Å². The fourth-order valence-electron chi connectivity index (χ4n) is 4.44. The summed E-state index contributed by atoms with van der Waals surface area (Å²) in [6, 6.07) is 7.62. The summed E-state index contributed by atoms with van der Waals surface area (Å²) in [6.45, 7) is 8.53. The van der Waals surface area contributed by atoms with Gasteiger partial charge in [0.15, 0.2) is 5.78 Å². The monoisotopic (exact) mass is 414 g/mol. The standard InChI is InChI=1S/C24H34N2O4/c1-4-19-5-7-20(8-6-19)22(27)9-10-23(28)25-13-11-21(12-14-25)24(29)26-15-17(2)30-18(3)16-26/h5-8,17-18,21H,4,9-16H2,1-3H3. The lowest BCUT2D eigenvalue weighted by molar-refractivity contribution is -0.150. The number of carbonyl (C=O) groups is 3. The van der Waals surface area contributed by atoms with Crippen molar-refractivity contribution in [3.05, 3.63) is 35.4 Å². The minimum Gasteiger partial charge on any atom is -0.372 e. The van der Waals surface area contributed by atoms with Crippen LogP contribution in [0, 0.1) is 5.92 Å². The van der Waals surface area contributed by atoms with Crippen LogP contribution in [0.1, 0.15) is 62.4 Å². The predicted octanol–water partition coefficient (Wildman–Crippen LogP) is 3.09. The van der Waals surface area contributed by atoms with Crippen LogP contribution in [0.3, 0.4) is 0 Å². The van der Waals surface area contributed by atoms with Crippen LogP contribution in [0.2, 0.25) is 0 Å². The topological polar surface area (TPSA) is 66.9 Å². The fraction of sp³-hybridized carbons (Fsp3) is 0.625. The number of carbonyl (C=O) groups excluding carboxylic acids is 3. The van der Waals surface area contributed by atoms with Crippen molar-refractivity contribution >= 4 is 17.6 Å². The number of morpholine rings is 1. The van der Waals surface area contributed by atoms with Gasteiger partial charge in [-0.25, -0.2) is 0 Å². The molecule has 6 heteroatoms. The Balaban J connectivity index is 1.43. The molecule has 1 aromatic carbocycles. The van der Waals surface area contributed by atoms with Gasteiger partial charge in [-0.1, -0.05) is 31.2 Å². The van der Waals surface area contributed by atoms with Gasteiger partial charge in [0.2, 0.25) is 11.8 Å². The second-order valence-electron chi connectivity index (χ2n) is 8.63. The number of hydrogen-bond donors (Lipinski definition) is 0. The molecule has 0 N–H and O–H groups in total. The Morgan fingerprint density at radius 2 is 1.53 bits per heavy atom. The summed E-state index contributed by atoms with van der Waals surface area (Å²) in [4.78, 5) is 41.5. The van der Waals surface area contributed by atoms with Gasteiger partial charge in [-0.3, -0.25) is 14.4 Å². The molecule has 0 spiro atoms. The Morgan fingerprint density at radius 1 is 0.933 bits per heavy atom. The van der Waals surface area contributed by atoms with Crippen LogP contribution in [-0.2, 0) is 20.7 Å². The average Bonchev–Trinajstić information content (AvgIpc) is 2.76. The van der Waals surface area contributed by atoms with Crippen molar-refractivity contribution in [1.82, 2.24) is 9.80 Å². The van der Waals surface area contributed by atoms with E-state index in [-0.39, 0.29) is 48.6 Å². The van der Waals surface area contributed by atoms with Gasteiger partial charge in [0.1, 0.15) is 0 Å². The summed E-state index contributed by atoms with van der Waals surface area (Å²) >= 11 is 0. The molecule has 2 unspecified atom stereocenters. The molecule has 2 amide bonds. The third kappa shape index (κ3) is 5.69. The van der Waals surface area contributed by atoms with Crippen molar-refractivity contribution in [1.29, 1.82) is 0 Å². The quantitative estimate of drug-likeness (QED) is 0.671. The summed E-state index contributed by atoms with van der Waals surface area (Å²) in [5.74, 6) is 0.180. The minimum absolute atomic E-state index is 0.00613. The molecule has 2 saturated heterocycles. The Kier molecular flexibility index (Phi) is 7.64. The summed E-state index contributed by atoms with van der Waals surface area (Å²) in [6.07, 6.45) is 2.91. The zero-order valence-electron chi connectivity index (χ0n) is 18.4. The highest BCUT2D eigenvalue weighted by molar-refractivity contribution is 5.98. The van der Waals surface area contributed by atoms with Gasteiger partial charge < -0.3 is 14.5 Å². The van der Waals surface area contributed by atoms with Gasteiger partial charge in [-0.15, -0.1) is 0 Å². The van der Waals surface area contributed by atoms with Crippen molar-refractivity contribution in [2.24, 2.45) is 5.92 Å². The first-order valence-corrected chi connectivity index (χ1v) is 11.2. The molecular weight excluding hydrogens is 380 g/mol. The summed E-state index contributed by atoms with van der Waals surface area (Å²) < 4.78 is 5.72. The smallest absolute Gasteiger partial charge is 0.225 e. The number of piperidine rings is 1. The van der Waals surface area contributed by atoms with E-state index in [2.05, 4.69) is 6.92 Å². The van der Waals surface area contributed by atoms with Crippen molar-refractivity contribution in [3.63, 3.8) is 0 Å². The lowest BCUT2D eigenvalue weighted by Gasteiger charge is -2.39. The average molecular weight is 415 g/mol. The Hall–Kier alpha value is -2.21. The van der Waals surface area contributed by atoms with E-state index >= 15 is 0 Å². The molecule has 2 fully saturated rings. The molecule has 0 saturated carbocycles. The number of aryl methyl sites for hydroxylation is 1. The maximum absolute atomic E-state index is 12.9. The van der Waals surface area contributed by atoms with Crippen LogP contribution in [0.5, 0.6) is 0 Å². The zero-order chi connectivity index (χ0) is 21.7. The molecule has 0 bridgehead atoms. The minimum atomic E-state index is -0.0229. The van der Waals surface area contributed by atoms with Crippen molar-refractivity contribution in [3.8, 4) is 0 Å². The molecule has 164 valence electrons. The first kappa shape index (κ1) is 22.5. The number of rotatable bonds is 6. The Labute approximate surface area is 179 Å². The Morgan fingerprint density at radius 3 is 2.10 bits per heavy atom. The van der Waals surface area contributed by atoms with Crippen molar-refractivity contribution in [2.75, 3.05) is 26.2 Å². The highest BCUT2D eigenvalue weighted by atomic mass is 16.5. The third-order valence-corrected chi connectivity index (χ3v) is 6.18. The lowest BCUT2D eigenvalue weighted by atomic mass is 9.94. The molecule has 3 rings (SSSR count). The fourth-order valence-corrected chi connectivity index (χ4v) is 4.44. The van der Waals surface area contributed by atoms with Crippen LogP contribution in [-0.4, -0.2) is 65.8 Å². The molecule has 30 heavy (non-hydrogen) atoms. The SMILES string of the molecule is CCc1ccc(C(=O)CCC(=O)N2CCC(C(=O)N3CC(C)OC(C)C3)CC2)cc1. The first-order chi connectivity index (χ1) is 14.4. The van der Waals surface area contributed by atoms with E-state index in [1.54, 1.807) is 0 Å². The maximum Gasteiger partial charge on any atom is 0.225 e. The second kappa shape index (κ2) is 10.2. The predicted molar refractivity (Wildman–Crippen MR) is 115 cm³/mol.